The molecule has 0 aromatic carbocycles. The lowest BCUT2D eigenvalue weighted by Crippen LogP contribution is -2.39. The molecule has 12 heavy (non-hydrogen) atoms. The Hall–Kier alpha value is -0.600. The summed E-state index contributed by atoms with van der Waals surface area (Å²) in [5.74, 6) is 0. The number of hydrogen-bond donors (Lipinski definition) is 0. The zero-order chi connectivity index (χ0) is 8.60. The molecule has 2 heterocycles. The van der Waals surface area contributed by atoms with E-state index in [1.54, 1.807) is 0 Å². The van der Waals surface area contributed by atoms with Crippen molar-refractivity contribution in [1.82, 2.24) is 0 Å². The molecule has 2 nitrogen and oxygen atoms in total. The van der Waals surface area contributed by atoms with Gasteiger partial charge in [0.15, 0.2) is 0 Å². The van der Waals surface area contributed by atoms with E-state index in [-0.39, 0.29) is 5.60 Å². The van der Waals surface area contributed by atoms with Crippen LogP contribution in [0.15, 0.2) is 24.3 Å². The summed E-state index contributed by atoms with van der Waals surface area (Å²) in [4.78, 5) is 0. The van der Waals surface area contributed by atoms with E-state index in [1.165, 1.54) is 0 Å². The van der Waals surface area contributed by atoms with Crippen LogP contribution < -0.4 is 0 Å². The molecule has 0 bridgehead atoms. The van der Waals surface area contributed by atoms with Crippen LogP contribution in [0.4, 0.5) is 0 Å². The number of hydrogen-bond acceptors (Lipinski definition) is 2. The van der Waals surface area contributed by atoms with Gasteiger partial charge in [0.2, 0.25) is 0 Å². The highest BCUT2D eigenvalue weighted by Crippen LogP contribution is 2.39. The SMILES string of the molecule is C=C1COC2(CCCOC2)C1=C. The maximum Gasteiger partial charge on any atom is 0.117 e. The average molecular weight is 166 g/mol. The van der Waals surface area contributed by atoms with Gasteiger partial charge >= 0.3 is 0 Å². The highest BCUT2D eigenvalue weighted by Gasteiger charge is 2.42. The predicted molar refractivity (Wildman–Crippen MR) is 47.0 cm³/mol. The van der Waals surface area contributed by atoms with Gasteiger partial charge in [-0.3, -0.25) is 0 Å². The summed E-state index contributed by atoms with van der Waals surface area (Å²) in [6.07, 6.45) is 2.09. The third kappa shape index (κ3) is 1.03. The average Bonchev–Trinajstić information content (AvgIpc) is 2.37. The quantitative estimate of drug-likeness (QED) is 0.545. The molecule has 2 aliphatic heterocycles. The molecule has 0 saturated carbocycles. The lowest BCUT2D eigenvalue weighted by atomic mass is 9.88. The first kappa shape index (κ1) is 8.02. The van der Waals surface area contributed by atoms with E-state index < -0.39 is 0 Å². The lowest BCUT2D eigenvalue weighted by Gasteiger charge is -2.32. The van der Waals surface area contributed by atoms with E-state index in [0.29, 0.717) is 13.2 Å². The molecule has 0 aliphatic carbocycles. The lowest BCUT2D eigenvalue weighted by molar-refractivity contribution is -0.0800. The molecule has 1 spiro atoms. The Kier molecular flexibility index (Phi) is 1.81. The predicted octanol–water partition coefficient (Wildman–Crippen LogP) is 1.68. The van der Waals surface area contributed by atoms with Crippen molar-refractivity contribution in [2.45, 2.75) is 18.4 Å². The molecule has 2 heteroatoms. The summed E-state index contributed by atoms with van der Waals surface area (Å²) in [7, 11) is 0. The molecule has 66 valence electrons. The highest BCUT2D eigenvalue weighted by molar-refractivity contribution is 5.39. The molecule has 2 rings (SSSR count). The molecule has 0 aromatic heterocycles. The van der Waals surface area contributed by atoms with Crippen molar-refractivity contribution in [3.05, 3.63) is 24.3 Å². The van der Waals surface area contributed by atoms with Gasteiger partial charge in [0, 0.05) is 6.61 Å². The maximum atomic E-state index is 5.68. The third-order valence-corrected chi connectivity index (χ3v) is 2.70. The van der Waals surface area contributed by atoms with E-state index in [0.717, 1.165) is 30.6 Å². The topological polar surface area (TPSA) is 18.5 Å². The molecule has 2 saturated heterocycles. The Morgan fingerprint density at radius 3 is 2.67 bits per heavy atom. The monoisotopic (exact) mass is 166 g/mol. The Labute approximate surface area is 72.9 Å². The van der Waals surface area contributed by atoms with Gasteiger partial charge in [0.1, 0.15) is 5.60 Å². The van der Waals surface area contributed by atoms with Gasteiger partial charge < -0.3 is 9.47 Å². The molecule has 2 aliphatic rings. The third-order valence-electron chi connectivity index (χ3n) is 2.70. The van der Waals surface area contributed by atoms with Crippen molar-refractivity contribution in [1.29, 1.82) is 0 Å². The minimum absolute atomic E-state index is 0.213. The van der Waals surface area contributed by atoms with Crippen LogP contribution in [-0.2, 0) is 9.47 Å². The number of rotatable bonds is 0. The smallest absolute Gasteiger partial charge is 0.117 e. The van der Waals surface area contributed by atoms with Gasteiger partial charge in [-0.05, 0) is 24.0 Å². The highest BCUT2D eigenvalue weighted by atomic mass is 16.5. The summed E-state index contributed by atoms with van der Waals surface area (Å²) in [6.45, 7) is 10.0. The summed E-state index contributed by atoms with van der Waals surface area (Å²) >= 11 is 0. The van der Waals surface area contributed by atoms with Crippen LogP contribution in [-0.4, -0.2) is 25.4 Å². The van der Waals surface area contributed by atoms with Crippen LogP contribution in [0.5, 0.6) is 0 Å². The molecule has 0 N–H and O–H groups in total. The minimum Gasteiger partial charge on any atom is -0.378 e. The summed E-state index contributed by atoms with van der Waals surface area (Å²) in [5.41, 5.74) is 1.86. The minimum atomic E-state index is -0.213. The fourth-order valence-electron chi connectivity index (χ4n) is 1.84. The first-order valence-corrected chi connectivity index (χ1v) is 4.34. The largest absolute Gasteiger partial charge is 0.378 e. The van der Waals surface area contributed by atoms with Crippen LogP contribution in [0.2, 0.25) is 0 Å². The summed E-state index contributed by atoms with van der Waals surface area (Å²) < 4.78 is 11.1. The van der Waals surface area contributed by atoms with Gasteiger partial charge in [-0.2, -0.15) is 0 Å². The van der Waals surface area contributed by atoms with E-state index in [9.17, 15) is 0 Å². The molecule has 1 unspecified atom stereocenters. The fraction of sp³-hybridized carbons (Fsp3) is 0.600. The Bertz CT molecular complexity index is 224. The van der Waals surface area contributed by atoms with Gasteiger partial charge in [-0.1, -0.05) is 13.2 Å². The molecule has 0 amide bonds. The van der Waals surface area contributed by atoms with Crippen LogP contribution in [0.3, 0.4) is 0 Å². The van der Waals surface area contributed by atoms with Crippen molar-refractivity contribution >= 4 is 0 Å². The second-order valence-corrected chi connectivity index (χ2v) is 3.52. The van der Waals surface area contributed by atoms with E-state index >= 15 is 0 Å². The Morgan fingerprint density at radius 2 is 2.17 bits per heavy atom. The summed E-state index contributed by atoms with van der Waals surface area (Å²) in [6, 6.07) is 0. The Balaban J connectivity index is 2.19. The number of ether oxygens (including phenoxy) is 2. The molecular formula is C10H14O2. The van der Waals surface area contributed by atoms with Gasteiger partial charge in [0.05, 0.1) is 13.2 Å². The van der Waals surface area contributed by atoms with Crippen LogP contribution in [0.25, 0.3) is 0 Å². The first-order chi connectivity index (χ1) is 5.75. The van der Waals surface area contributed by atoms with Gasteiger partial charge in [-0.15, -0.1) is 0 Å². The van der Waals surface area contributed by atoms with Crippen LogP contribution in [0.1, 0.15) is 12.8 Å². The van der Waals surface area contributed by atoms with Crippen LogP contribution in [0, 0.1) is 0 Å². The molecule has 0 radical (unpaired) electrons. The zero-order valence-electron chi connectivity index (χ0n) is 7.27. The van der Waals surface area contributed by atoms with E-state index in [4.69, 9.17) is 9.47 Å². The normalized spacial score (nSPS) is 36.3. The Morgan fingerprint density at radius 1 is 1.33 bits per heavy atom. The molecule has 0 aromatic rings. The van der Waals surface area contributed by atoms with E-state index in [2.05, 4.69) is 13.2 Å². The van der Waals surface area contributed by atoms with E-state index in [1.807, 2.05) is 0 Å². The van der Waals surface area contributed by atoms with Crippen molar-refractivity contribution in [3.63, 3.8) is 0 Å². The van der Waals surface area contributed by atoms with Gasteiger partial charge in [-0.25, -0.2) is 0 Å². The van der Waals surface area contributed by atoms with Crippen molar-refractivity contribution in [3.8, 4) is 0 Å². The van der Waals surface area contributed by atoms with Crippen molar-refractivity contribution in [2.75, 3.05) is 19.8 Å². The van der Waals surface area contributed by atoms with Gasteiger partial charge in [0.25, 0.3) is 0 Å². The molecule has 1 atom stereocenters. The first-order valence-electron chi connectivity index (χ1n) is 4.34. The molecular weight excluding hydrogens is 152 g/mol. The van der Waals surface area contributed by atoms with Crippen molar-refractivity contribution in [2.24, 2.45) is 0 Å². The molecule has 2 fully saturated rings. The zero-order valence-corrected chi connectivity index (χ0v) is 7.27. The van der Waals surface area contributed by atoms with Crippen LogP contribution >= 0.6 is 0 Å². The second-order valence-electron chi connectivity index (χ2n) is 3.52. The fourth-order valence-corrected chi connectivity index (χ4v) is 1.84. The maximum absolute atomic E-state index is 5.68. The second kappa shape index (κ2) is 2.71. The van der Waals surface area contributed by atoms with Crippen molar-refractivity contribution < 1.29 is 9.47 Å². The standard InChI is InChI=1S/C10H14O2/c1-8-6-12-10(9(8)2)4-3-5-11-7-10/h1-7H2. The summed E-state index contributed by atoms with van der Waals surface area (Å²) in [5, 5.41) is 0.